The number of carbonyl (C=O) groups is 4. The first-order valence-corrected chi connectivity index (χ1v) is 38.2. The van der Waals surface area contributed by atoms with Crippen molar-refractivity contribution in [2.24, 2.45) is 7.05 Å². The number of pyridine rings is 10. The number of aryl methyl sites for hydroxylation is 1. The molecule has 16 aromatic rings. The van der Waals surface area contributed by atoms with Crippen LogP contribution in [0.4, 0.5) is 26.3 Å². The molecule has 25 nitrogen and oxygen atoms in total. The van der Waals surface area contributed by atoms with Gasteiger partial charge in [0.2, 0.25) is 0 Å². The maximum Gasteiger partial charge on any atom is 0.494 e. The number of aromatic amines is 2. The summed E-state index contributed by atoms with van der Waals surface area (Å²) in [5.74, 6) is -7.66. The van der Waals surface area contributed by atoms with Crippen LogP contribution in [0.25, 0.3) is 122 Å². The summed E-state index contributed by atoms with van der Waals surface area (Å²) in [6, 6.07) is 31.7. The molecule has 3 aromatic carbocycles. The molecule has 15 heterocycles. The highest BCUT2D eigenvalue weighted by atomic mass is 127. The van der Waals surface area contributed by atoms with Gasteiger partial charge in [-0.3, -0.25) is 29.9 Å². The van der Waals surface area contributed by atoms with Crippen LogP contribution in [0.1, 0.15) is 97.0 Å². The second-order valence-corrected chi connectivity index (χ2v) is 30.8. The summed E-state index contributed by atoms with van der Waals surface area (Å²) in [4.78, 5) is 93.3. The van der Waals surface area contributed by atoms with Gasteiger partial charge in [0.1, 0.15) is 51.7 Å². The molecule has 2 fully saturated rings. The molecule has 34 heteroatoms. The summed E-state index contributed by atoms with van der Waals surface area (Å²) in [7, 11) is 3.03. The minimum atomic E-state index is -1.39. The number of aromatic nitrogens is 13. The van der Waals surface area contributed by atoms with Crippen molar-refractivity contribution >= 4 is 137 Å². The summed E-state index contributed by atoms with van der Waals surface area (Å²) in [5, 5.41) is 22.3. The Balaban J connectivity index is 0.000000125. The quantitative estimate of drug-likeness (QED) is 0.0404. The molecule has 121 heavy (non-hydrogen) atoms. The third-order valence-corrected chi connectivity index (χ3v) is 22.2. The molecule has 0 bridgehead atoms. The molecule has 610 valence electrons. The van der Waals surface area contributed by atoms with Crippen molar-refractivity contribution in [3.05, 3.63) is 263 Å². The van der Waals surface area contributed by atoms with E-state index in [9.17, 15) is 45.5 Å². The highest BCUT2D eigenvalue weighted by Gasteiger charge is 2.53. The monoisotopic (exact) mass is 1750 g/mol. The summed E-state index contributed by atoms with van der Waals surface area (Å²) >= 11 is 2.03. The number of H-pyrrole nitrogens is 2. The molecule has 4 N–H and O–H groups in total. The average molecular weight is 1750 g/mol. The number of aromatic carboxylic acids is 2. The van der Waals surface area contributed by atoms with E-state index in [-0.39, 0.29) is 33.8 Å². The van der Waals surface area contributed by atoms with Crippen LogP contribution in [0.5, 0.6) is 0 Å². The van der Waals surface area contributed by atoms with Gasteiger partial charge in [-0.25, -0.2) is 65.5 Å². The largest absolute Gasteiger partial charge is 0.494 e. The fourth-order valence-corrected chi connectivity index (χ4v) is 14.1. The van der Waals surface area contributed by atoms with Gasteiger partial charge in [0, 0.05) is 116 Å². The third-order valence-electron chi connectivity index (χ3n) is 21.2. The van der Waals surface area contributed by atoms with Gasteiger partial charge in [-0.05, 0) is 192 Å². The number of ether oxygens (including phenoxy) is 2. The van der Waals surface area contributed by atoms with E-state index < -0.39 is 95.2 Å². The lowest BCUT2D eigenvalue weighted by molar-refractivity contribution is 0.00578. The van der Waals surface area contributed by atoms with Crippen LogP contribution in [0.15, 0.2) is 202 Å². The number of halogens is 7. The molecule has 0 amide bonds. The zero-order valence-electron chi connectivity index (χ0n) is 66.2. The second-order valence-electron chi connectivity index (χ2n) is 29.8. The Bertz CT molecular complexity index is 6610. The predicted octanol–water partition coefficient (Wildman–Crippen LogP) is 16.6. The van der Waals surface area contributed by atoms with Gasteiger partial charge in [-0.1, -0.05) is 24.3 Å². The minimum Gasteiger partial charge on any atom is -0.478 e. The SMILES string of the molecule is COC(=O)c1ccc(B2OC(C)(C)C(C)(C)O2)cc1F.COC(=O)c1ccc(B2OC(C)(C)C(C)(C)O2)cc1F.Cn1c2cnc(-c3cccnc3)cc2c2c(I)c(F)cnc21.O=C(O)c1ccc(-c2c(F)cnc3[nH]c4cnc(-c5cccnc5)cc4c23)cc1F.O=C(O)c1ccc(-c2c(F)cnc3[nH]c4cnc(-c5cccnc5)cc4c23)cn1. The Morgan fingerprint density at radius 1 is 0.421 bits per heavy atom. The van der Waals surface area contributed by atoms with Gasteiger partial charge in [0.15, 0.2) is 5.82 Å². The van der Waals surface area contributed by atoms with E-state index >= 15 is 0 Å². The summed E-state index contributed by atoms with van der Waals surface area (Å²) in [5.41, 5.74) is 8.06. The molecule has 0 aliphatic carbocycles. The first-order valence-electron chi connectivity index (χ1n) is 37.1. The molecular formula is C87H70B2F6IN13O12. The fraction of sp³-hybridized carbons (Fsp3) is 0.172. The zero-order chi connectivity index (χ0) is 86.3. The normalized spacial score (nSPS) is 14.2. The Morgan fingerprint density at radius 3 is 1.23 bits per heavy atom. The smallest absolute Gasteiger partial charge is 0.478 e. The van der Waals surface area contributed by atoms with Crippen LogP contribution in [-0.2, 0) is 35.1 Å². The number of esters is 2. The lowest BCUT2D eigenvalue weighted by Gasteiger charge is -2.32. The molecule has 13 aromatic heterocycles. The third kappa shape index (κ3) is 16.8. The van der Waals surface area contributed by atoms with E-state index in [1.54, 1.807) is 80.0 Å². The van der Waals surface area contributed by atoms with Crippen molar-refractivity contribution in [3.8, 4) is 56.0 Å². The van der Waals surface area contributed by atoms with Crippen molar-refractivity contribution in [1.82, 2.24) is 64.4 Å². The number of rotatable bonds is 11. The number of carboxylic acids is 2. The summed E-state index contributed by atoms with van der Waals surface area (Å²) in [6.45, 7) is 15.4. The summed E-state index contributed by atoms with van der Waals surface area (Å²) in [6.07, 6.45) is 20.1. The molecule has 2 aliphatic rings. The van der Waals surface area contributed by atoms with Crippen LogP contribution in [0, 0.1) is 38.5 Å². The van der Waals surface area contributed by atoms with Crippen LogP contribution >= 0.6 is 22.6 Å². The number of methoxy groups -OCH3 is 2. The topological polar surface area (TPSA) is 330 Å². The second kappa shape index (κ2) is 33.8. The van der Waals surface area contributed by atoms with Gasteiger partial charge in [-0.15, -0.1) is 0 Å². The molecule has 0 saturated carbocycles. The number of nitrogens with one attached hydrogen (secondary N) is 2. The molecule has 2 saturated heterocycles. The maximum atomic E-state index is 14.9. The van der Waals surface area contributed by atoms with Gasteiger partial charge in [0.05, 0.1) is 128 Å². The van der Waals surface area contributed by atoms with Crippen LogP contribution in [0.2, 0.25) is 0 Å². The Labute approximate surface area is 699 Å². The number of carboxylic acid groups (broad SMARTS) is 2. The van der Waals surface area contributed by atoms with E-state index in [1.807, 2.05) is 132 Å². The molecule has 18 rings (SSSR count). The number of hydrogen-bond acceptors (Lipinski definition) is 20. The molecule has 2 aliphatic heterocycles. The Kier molecular flexibility index (Phi) is 23.5. The van der Waals surface area contributed by atoms with Crippen molar-refractivity contribution < 1.29 is 83.8 Å². The fourth-order valence-electron chi connectivity index (χ4n) is 13.4. The van der Waals surface area contributed by atoms with Crippen LogP contribution in [-0.4, -0.2) is 149 Å². The predicted molar refractivity (Wildman–Crippen MR) is 451 cm³/mol. The first-order chi connectivity index (χ1) is 57.7. The van der Waals surface area contributed by atoms with Gasteiger partial charge in [-0.2, -0.15) is 0 Å². The Hall–Kier alpha value is -13.3. The molecule has 0 spiro atoms. The van der Waals surface area contributed by atoms with E-state index in [0.717, 1.165) is 74.2 Å². The number of nitrogens with zero attached hydrogens (tertiary/aromatic N) is 11. The molecule has 0 unspecified atom stereocenters. The zero-order valence-corrected chi connectivity index (χ0v) is 68.4. The van der Waals surface area contributed by atoms with Crippen molar-refractivity contribution in [3.63, 3.8) is 0 Å². The average Bonchev–Trinajstić information content (AvgIpc) is 1.16. The highest BCUT2D eigenvalue weighted by Crippen LogP contribution is 2.42. The van der Waals surface area contributed by atoms with Gasteiger partial charge in [0.25, 0.3) is 0 Å². The number of carbonyl (C=O) groups excluding carboxylic acids is 2. The molecular weight excluding hydrogens is 1680 g/mol. The maximum absolute atomic E-state index is 14.9. The van der Waals surface area contributed by atoms with Crippen LogP contribution < -0.4 is 10.9 Å². The van der Waals surface area contributed by atoms with Crippen molar-refractivity contribution in [1.29, 1.82) is 0 Å². The van der Waals surface area contributed by atoms with E-state index in [1.165, 1.54) is 69.1 Å². The number of hydrogen-bond donors (Lipinski definition) is 4. The van der Waals surface area contributed by atoms with E-state index in [2.05, 4.69) is 69.3 Å². The lowest BCUT2D eigenvalue weighted by Crippen LogP contribution is -2.41. The van der Waals surface area contributed by atoms with Gasteiger partial charge >= 0.3 is 38.1 Å². The molecule has 0 atom stereocenters. The summed E-state index contributed by atoms with van der Waals surface area (Å²) < 4.78 is 121. The number of fused-ring (bicyclic) bond motifs is 9. The first kappa shape index (κ1) is 84.2. The highest BCUT2D eigenvalue weighted by molar-refractivity contribution is 14.1. The number of benzene rings is 3. The van der Waals surface area contributed by atoms with Crippen LogP contribution in [0.3, 0.4) is 0 Å². The molecule has 0 radical (unpaired) electrons. The van der Waals surface area contributed by atoms with E-state index in [0.29, 0.717) is 75.5 Å². The standard InChI is InChI=1S/C22H12F2N4O2.C21H12FN5O2.C16H10FIN4.2C14H18BFO4/c23-15-6-11(3-4-13(15)22(29)30)19-16(24)9-27-21-20(19)14-7-17(26-10-18(14)28-21)12-2-1-5-25-8-12;22-14-9-26-20-19(18(14)12-3-4-15(21(28)29)24-8-12)13-6-16(25-10-17(13)27-20)11-2-1-5-23-7-11;1-22-13-8-20-12(9-3-2-4-19-6-9)5-10(13)14-15(18)11(17)7-21-16(14)22;2*1-13(2)14(3,4)20-15(19-13)9-6-7-10(11(16)8-9)12(17)18-5/h1-10H,(H,27,28)(H,29,30);1-10H,(H,26,27)(H,28,29);2-8H,1H3;2*6-8H,1-5H3. The Morgan fingerprint density at radius 2 is 0.835 bits per heavy atom. The lowest BCUT2D eigenvalue weighted by atomic mass is 9.78. The van der Waals surface area contributed by atoms with Gasteiger partial charge < -0.3 is 52.8 Å². The minimum absolute atomic E-state index is 0.104. The van der Waals surface area contributed by atoms with Crippen molar-refractivity contribution in [2.75, 3.05) is 14.2 Å². The van der Waals surface area contributed by atoms with Crippen molar-refractivity contribution in [2.45, 2.75) is 77.8 Å². The van der Waals surface area contributed by atoms with E-state index in [4.69, 9.17) is 28.8 Å².